The number of hydrogen-bond acceptors (Lipinski definition) is 6. The van der Waals surface area contributed by atoms with E-state index in [1.54, 1.807) is 24.1 Å². The van der Waals surface area contributed by atoms with Crippen LogP contribution in [0.3, 0.4) is 0 Å². The van der Waals surface area contributed by atoms with Crippen molar-refractivity contribution < 1.29 is 19.4 Å². The molecule has 177 valence electrons. The summed E-state index contributed by atoms with van der Waals surface area (Å²) in [5.41, 5.74) is 2.85. The molecule has 0 aliphatic rings. The van der Waals surface area contributed by atoms with Gasteiger partial charge in [0, 0.05) is 13.1 Å². The number of hydrogen-bond donors (Lipinski definition) is 5. The van der Waals surface area contributed by atoms with E-state index in [1.165, 1.54) is 0 Å². The molecule has 0 aliphatic carbocycles. The van der Waals surface area contributed by atoms with Gasteiger partial charge in [-0.25, -0.2) is 10.1 Å². The smallest absolute Gasteiger partial charge is 0.258 e. The Morgan fingerprint density at radius 2 is 1.94 bits per heavy atom. The third-order valence-electron chi connectivity index (χ3n) is 4.36. The number of carbonyl (C=O) groups excluding carboxylic acids is 2. The first-order chi connectivity index (χ1) is 15.2. The Kier molecular flexibility index (Phi) is 12.2. The van der Waals surface area contributed by atoms with Gasteiger partial charge in [-0.3, -0.25) is 15.0 Å². The Hall–Kier alpha value is -3.37. The first-order valence-corrected chi connectivity index (χ1v) is 10.6. The summed E-state index contributed by atoms with van der Waals surface area (Å²) in [4.78, 5) is 35.2. The van der Waals surface area contributed by atoms with Crippen LogP contribution in [0, 0.1) is 28.0 Å². The number of nitrogens with one attached hydrogen (secondary N) is 5. The van der Waals surface area contributed by atoms with E-state index in [-0.39, 0.29) is 25.5 Å². The van der Waals surface area contributed by atoms with Gasteiger partial charge < -0.3 is 20.7 Å². The van der Waals surface area contributed by atoms with Crippen molar-refractivity contribution in [1.82, 2.24) is 21.4 Å². The maximum atomic E-state index is 12.5. The van der Waals surface area contributed by atoms with Crippen molar-refractivity contribution in [3.05, 3.63) is 46.5 Å². The normalized spacial score (nSPS) is 11.4. The minimum atomic E-state index is -0.841. The highest BCUT2D eigenvalue weighted by Gasteiger charge is 2.21. The molecule has 1 radical (unpaired) electrons. The number of guanidine groups is 1. The average molecular weight is 450 g/mol. The molecule has 1 aromatic rings. The van der Waals surface area contributed by atoms with Gasteiger partial charge in [-0.15, -0.1) is 0 Å². The molecule has 2 amide bonds. The van der Waals surface area contributed by atoms with Crippen molar-refractivity contribution in [1.29, 1.82) is 5.41 Å². The van der Waals surface area contributed by atoms with E-state index in [4.69, 9.17) is 10.1 Å². The van der Waals surface area contributed by atoms with Gasteiger partial charge in [0.2, 0.25) is 5.91 Å². The van der Waals surface area contributed by atoms with Crippen molar-refractivity contribution in [3.8, 4) is 5.75 Å². The SMILES string of the molecule is CCc1ccc(OCC(=O)N[C@@H](CCCNC(=N)N[N+](=O)[O-])C(=O)N[CH]CC(C)C)cc1. The molecule has 0 fully saturated rings. The average Bonchev–Trinajstić information content (AvgIpc) is 2.73. The lowest BCUT2D eigenvalue weighted by Crippen LogP contribution is -2.48. The third-order valence-corrected chi connectivity index (χ3v) is 4.36. The monoisotopic (exact) mass is 449 g/mol. The standard InChI is InChI=1S/C21H33N6O5/c1-4-16-7-9-17(10-8-16)32-14-19(28)25-18(20(29)23-13-11-15(2)3)6-5-12-24-21(22)26-27(30)31/h7-10,13,15,18H,4-6,11-12,14H2,1-3H3,(H,23,29)(H,25,28)(H3,22,24,26)/t18-/m0/s1. The van der Waals surface area contributed by atoms with E-state index >= 15 is 0 Å². The van der Waals surface area contributed by atoms with Crippen molar-refractivity contribution >= 4 is 17.8 Å². The summed E-state index contributed by atoms with van der Waals surface area (Å²) in [5.74, 6) is -0.313. The predicted molar refractivity (Wildman–Crippen MR) is 120 cm³/mol. The molecule has 1 aromatic carbocycles. The van der Waals surface area contributed by atoms with Crippen molar-refractivity contribution in [3.63, 3.8) is 0 Å². The van der Waals surface area contributed by atoms with E-state index in [9.17, 15) is 19.7 Å². The molecule has 0 bridgehead atoms. The quantitative estimate of drug-likeness (QED) is 0.0947. The van der Waals surface area contributed by atoms with Crippen molar-refractivity contribution in [2.75, 3.05) is 13.2 Å². The molecule has 0 unspecified atom stereocenters. The Bertz CT molecular complexity index is 754. The third kappa shape index (κ3) is 11.7. The van der Waals surface area contributed by atoms with E-state index in [0.717, 1.165) is 12.0 Å². The molecule has 0 saturated carbocycles. The lowest BCUT2D eigenvalue weighted by atomic mass is 10.1. The van der Waals surface area contributed by atoms with Gasteiger partial charge >= 0.3 is 0 Å². The molecule has 0 saturated heterocycles. The largest absolute Gasteiger partial charge is 0.484 e. The Morgan fingerprint density at radius 3 is 2.53 bits per heavy atom. The highest BCUT2D eigenvalue weighted by molar-refractivity contribution is 5.88. The highest BCUT2D eigenvalue weighted by atomic mass is 16.7. The number of benzene rings is 1. The number of amides is 2. The number of carbonyl (C=O) groups is 2. The van der Waals surface area contributed by atoms with Crippen LogP contribution in [-0.2, 0) is 16.0 Å². The fourth-order valence-electron chi connectivity index (χ4n) is 2.62. The van der Waals surface area contributed by atoms with E-state index in [2.05, 4.69) is 16.0 Å². The van der Waals surface area contributed by atoms with Crippen LogP contribution in [0.2, 0.25) is 0 Å². The zero-order valence-electron chi connectivity index (χ0n) is 18.8. The second-order valence-corrected chi connectivity index (χ2v) is 7.56. The zero-order valence-corrected chi connectivity index (χ0v) is 18.8. The molecule has 0 spiro atoms. The summed E-state index contributed by atoms with van der Waals surface area (Å²) < 4.78 is 5.49. The van der Waals surface area contributed by atoms with Crippen LogP contribution in [0.1, 0.15) is 45.6 Å². The lowest BCUT2D eigenvalue weighted by molar-refractivity contribution is -0.525. The molecule has 5 N–H and O–H groups in total. The molecule has 32 heavy (non-hydrogen) atoms. The summed E-state index contributed by atoms with van der Waals surface area (Å²) in [6, 6.07) is 6.61. The highest BCUT2D eigenvalue weighted by Crippen LogP contribution is 2.12. The van der Waals surface area contributed by atoms with Crippen LogP contribution in [0.5, 0.6) is 5.75 Å². The van der Waals surface area contributed by atoms with Gasteiger partial charge in [0.05, 0.1) is 0 Å². The van der Waals surface area contributed by atoms with Gasteiger partial charge in [-0.2, -0.15) is 0 Å². The predicted octanol–water partition coefficient (Wildman–Crippen LogP) is 1.52. The Morgan fingerprint density at radius 1 is 1.25 bits per heavy atom. The summed E-state index contributed by atoms with van der Waals surface area (Å²) in [6.07, 6.45) is 2.26. The number of ether oxygens (including phenoxy) is 1. The number of nitrogens with zero attached hydrogens (tertiary/aromatic N) is 1. The van der Waals surface area contributed by atoms with Crippen LogP contribution < -0.4 is 26.1 Å². The maximum Gasteiger partial charge on any atom is 0.258 e. The lowest BCUT2D eigenvalue weighted by Gasteiger charge is -2.19. The van der Waals surface area contributed by atoms with Crippen LogP contribution in [0.15, 0.2) is 24.3 Å². The summed E-state index contributed by atoms with van der Waals surface area (Å²) in [6.45, 7) is 7.73. The van der Waals surface area contributed by atoms with Crippen LogP contribution >= 0.6 is 0 Å². The van der Waals surface area contributed by atoms with E-state index in [0.29, 0.717) is 24.5 Å². The molecule has 1 atom stereocenters. The molecule has 11 nitrogen and oxygen atoms in total. The topological polar surface area (TPSA) is 158 Å². The zero-order chi connectivity index (χ0) is 23.9. The first kappa shape index (κ1) is 26.7. The van der Waals surface area contributed by atoms with E-state index in [1.807, 2.05) is 32.9 Å². The minimum Gasteiger partial charge on any atom is -0.484 e. The Balaban J connectivity index is 2.55. The van der Waals surface area contributed by atoms with Crippen LogP contribution in [0.25, 0.3) is 0 Å². The molecule has 0 aromatic heterocycles. The van der Waals surface area contributed by atoms with Gasteiger partial charge in [-0.05, 0) is 49.3 Å². The molecule has 0 heterocycles. The van der Waals surface area contributed by atoms with E-state index < -0.39 is 22.9 Å². The number of rotatable bonds is 14. The van der Waals surface area contributed by atoms with Crippen molar-refractivity contribution in [2.45, 2.75) is 52.5 Å². The second kappa shape index (κ2) is 14.6. The molecule has 0 aliphatic heterocycles. The van der Waals surface area contributed by atoms with Crippen LogP contribution in [0.4, 0.5) is 0 Å². The number of aryl methyl sites for hydroxylation is 1. The molecule has 11 heteroatoms. The fourth-order valence-corrected chi connectivity index (χ4v) is 2.62. The molecule has 1 rings (SSSR count). The molecular formula is C21H33N6O5. The summed E-state index contributed by atoms with van der Waals surface area (Å²) in [7, 11) is 0. The minimum absolute atomic E-state index is 0.218. The Labute approximate surface area is 188 Å². The molecular weight excluding hydrogens is 416 g/mol. The van der Waals surface area contributed by atoms with Crippen LogP contribution in [-0.4, -0.2) is 42.0 Å². The van der Waals surface area contributed by atoms with Gasteiger partial charge in [0.25, 0.3) is 11.9 Å². The number of hydrazine groups is 1. The maximum absolute atomic E-state index is 12.5. The fraction of sp³-hybridized carbons (Fsp3) is 0.524. The first-order valence-electron chi connectivity index (χ1n) is 10.6. The number of nitro groups is 1. The van der Waals surface area contributed by atoms with Crippen molar-refractivity contribution in [2.24, 2.45) is 5.92 Å². The van der Waals surface area contributed by atoms with Gasteiger partial charge in [0.1, 0.15) is 11.8 Å². The van der Waals surface area contributed by atoms with Gasteiger partial charge in [-0.1, -0.05) is 38.3 Å². The second-order valence-electron chi connectivity index (χ2n) is 7.56. The summed E-state index contributed by atoms with van der Waals surface area (Å²) >= 11 is 0. The summed E-state index contributed by atoms with van der Waals surface area (Å²) in [5, 5.41) is 24.7. The van der Waals surface area contributed by atoms with Gasteiger partial charge in [0.15, 0.2) is 11.6 Å².